The molecule has 0 saturated carbocycles. The molecule has 2 aliphatic heterocycles. The van der Waals surface area contributed by atoms with Crippen LogP contribution in [0.2, 0.25) is 0 Å². The Bertz CT molecular complexity index is 1330. The van der Waals surface area contributed by atoms with Gasteiger partial charge in [-0.1, -0.05) is 82.3 Å². The highest BCUT2D eigenvalue weighted by Crippen LogP contribution is 2.51. The van der Waals surface area contributed by atoms with Gasteiger partial charge >= 0.3 is 0 Å². The number of hydrogen-bond acceptors (Lipinski definition) is 4. The van der Waals surface area contributed by atoms with Crippen LogP contribution in [0.4, 0.5) is 23.0 Å². The summed E-state index contributed by atoms with van der Waals surface area (Å²) in [6, 6.07) is 25.9. The number of aromatic nitrogens is 2. The summed E-state index contributed by atoms with van der Waals surface area (Å²) >= 11 is 0. The van der Waals surface area contributed by atoms with Gasteiger partial charge in [0.15, 0.2) is 11.6 Å². The molecule has 0 N–H and O–H groups in total. The van der Waals surface area contributed by atoms with E-state index in [1.807, 2.05) is 6.20 Å². The van der Waals surface area contributed by atoms with Gasteiger partial charge in [0, 0.05) is 23.4 Å². The third-order valence-electron chi connectivity index (χ3n) is 7.11. The maximum Gasteiger partial charge on any atom is 0.179 e. The Morgan fingerprint density at radius 3 is 2.12 bits per heavy atom. The van der Waals surface area contributed by atoms with E-state index < -0.39 is 0 Å². The highest BCUT2D eigenvalue weighted by molar-refractivity contribution is 5.88. The quantitative estimate of drug-likeness (QED) is 0.324. The van der Waals surface area contributed by atoms with E-state index in [0.29, 0.717) is 11.8 Å². The number of anilines is 4. The van der Waals surface area contributed by atoms with Gasteiger partial charge in [0.25, 0.3) is 0 Å². The van der Waals surface area contributed by atoms with Crippen LogP contribution in [0.1, 0.15) is 56.2 Å². The van der Waals surface area contributed by atoms with E-state index in [1.54, 1.807) is 0 Å². The van der Waals surface area contributed by atoms with Crippen molar-refractivity contribution in [2.45, 2.75) is 52.1 Å². The minimum absolute atomic E-state index is 0.148. The second-order valence-corrected chi connectivity index (χ2v) is 9.91. The van der Waals surface area contributed by atoms with E-state index in [0.717, 1.165) is 29.4 Å². The predicted molar refractivity (Wildman–Crippen MR) is 140 cm³/mol. The maximum atomic E-state index is 5.35. The lowest BCUT2D eigenvalue weighted by Gasteiger charge is -2.26. The fraction of sp³-hybridized carbons (Fsp3) is 0.267. The molecule has 0 bridgehead atoms. The molecular formula is C30H30N4. The monoisotopic (exact) mass is 446 g/mol. The summed E-state index contributed by atoms with van der Waals surface area (Å²) in [5.74, 6) is 2.70. The summed E-state index contributed by atoms with van der Waals surface area (Å²) in [4.78, 5) is 15.2. The van der Waals surface area contributed by atoms with Crippen LogP contribution in [0.5, 0.6) is 0 Å². The van der Waals surface area contributed by atoms with Crippen molar-refractivity contribution >= 4 is 23.0 Å². The summed E-state index contributed by atoms with van der Waals surface area (Å²) in [7, 11) is 0. The first kappa shape index (κ1) is 20.9. The number of rotatable bonds is 4. The number of para-hydroxylation sites is 2. The zero-order valence-corrected chi connectivity index (χ0v) is 20.2. The van der Waals surface area contributed by atoms with Gasteiger partial charge in [-0.05, 0) is 46.7 Å². The largest absolute Gasteiger partial charge is 0.302 e. The maximum absolute atomic E-state index is 5.35. The lowest BCUT2D eigenvalue weighted by atomic mass is 9.87. The van der Waals surface area contributed by atoms with Crippen LogP contribution < -0.4 is 9.80 Å². The SMILES string of the molecule is CC(C)c1cccc(C(C)C)c1-c1cnc2c(n1)N1c3ccccc3CC1N2c1ccccc1. The Labute approximate surface area is 201 Å². The normalized spacial score (nSPS) is 16.2. The van der Waals surface area contributed by atoms with Gasteiger partial charge in [-0.25, -0.2) is 9.97 Å². The van der Waals surface area contributed by atoms with Crippen LogP contribution in [0.15, 0.2) is 79.0 Å². The second kappa shape index (κ2) is 7.98. The molecule has 4 heteroatoms. The molecule has 1 aromatic heterocycles. The van der Waals surface area contributed by atoms with Crippen LogP contribution in [-0.2, 0) is 6.42 Å². The van der Waals surface area contributed by atoms with Crippen molar-refractivity contribution in [1.82, 2.24) is 9.97 Å². The fourth-order valence-corrected chi connectivity index (χ4v) is 5.52. The Morgan fingerprint density at radius 2 is 1.41 bits per heavy atom. The van der Waals surface area contributed by atoms with Gasteiger partial charge in [-0.3, -0.25) is 0 Å². The Kier molecular flexibility index (Phi) is 4.91. The molecule has 6 rings (SSSR count). The third kappa shape index (κ3) is 3.12. The molecule has 34 heavy (non-hydrogen) atoms. The first-order valence-electron chi connectivity index (χ1n) is 12.3. The molecule has 4 aromatic rings. The lowest BCUT2D eigenvalue weighted by molar-refractivity contribution is 0.723. The molecule has 3 aromatic carbocycles. The van der Waals surface area contributed by atoms with Crippen molar-refractivity contribution in [2.24, 2.45) is 0 Å². The van der Waals surface area contributed by atoms with Crippen LogP contribution in [0.3, 0.4) is 0 Å². The highest BCUT2D eigenvalue weighted by Gasteiger charge is 2.45. The predicted octanol–water partition coefficient (Wildman–Crippen LogP) is 7.56. The topological polar surface area (TPSA) is 32.3 Å². The summed E-state index contributed by atoms with van der Waals surface area (Å²) in [6.45, 7) is 9.03. The molecule has 1 atom stereocenters. The van der Waals surface area contributed by atoms with Crippen molar-refractivity contribution < 1.29 is 0 Å². The molecule has 4 nitrogen and oxygen atoms in total. The van der Waals surface area contributed by atoms with Gasteiger partial charge in [0.05, 0.1) is 11.9 Å². The first-order valence-corrected chi connectivity index (χ1v) is 12.3. The number of hydrogen-bond donors (Lipinski definition) is 0. The van der Waals surface area contributed by atoms with Gasteiger partial charge in [0.1, 0.15) is 6.17 Å². The first-order chi connectivity index (χ1) is 16.5. The molecule has 0 aliphatic carbocycles. The smallest absolute Gasteiger partial charge is 0.179 e. The van der Waals surface area contributed by atoms with Crippen LogP contribution in [0, 0.1) is 0 Å². The van der Waals surface area contributed by atoms with Crippen LogP contribution in [-0.4, -0.2) is 16.1 Å². The summed E-state index contributed by atoms with van der Waals surface area (Å²) in [6.07, 6.45) is 3.07. The van der Waals surface area contributed by atoms with Crippen molar-refractivity contribution in [3.05, 3.63) is 95.7 Å². The zero-order valence-electron chi connectivity index (χ0n) is 20.2. The molecule has 0 spiro atoms. The molecule has 0 amide bonds. The standard InChI is InChI=1S/C30H30N4/c1-19(2)23-14-10-15-24(20(3)4)28(23)25-18-31-29-30(32-25)34-26-16-9-8-11-21(26)17-27(34)33(29)22-12-6-5-7-13-22/h5-16,18-20,27H,17H2,1-4H3. The van der Waals surface area contributed by atoms with E-state index >= 15 is 0 Å². The number of nitrogens with zero attached hydrogens (tertiary/aromatic N) is 4. The van der Waals surface area contributed by atoms with Crippen LogP contribution >= 0.6 is 0 Å². The van der Waals surface area contributed by atoms with Gasteiger partial charge in [-0.15, -0.1) is 0 Å². The summed E-state index contributed by atoms with van der Waals surface area (Å²) in [5.41, 5.74) is 8.61. The van der Waals surface area contributed by atoms with E-state index in [9.17, 15) is 0 Å². The number of fused-ring (bicyclic) bond motifs is 5. The zero-order chi connectivity index (χ0) is 23.4. The molecule has 0 fully saturated rings. The average molecular weight is 447 g/mol. The van der Waals surface area contributed by atoms with Crippen molar-refractivity contribution in [2.75, 3.05) is 9.80 Å². The van der Waals surface area contributed by atoms with E-state index in [-0.39, 0.29) is 6.17 Å². The Balaban J connectivity index is 1.58. The van der Waals surface area contributed by atoms with E-state index in [1.165, 1.54) is 27.9 Å². The molecule has 1 unspecified atom stereocenters. The highest BCUT2D eigenvalue weighted by atomic mass is 15.5. The van der Waals surface area contributed by atoms with Gasteiger partial charge < -0.3 is 9.80 Å². The summed E-state index contributed by atoms with van der Waals surface area (Å²) in [5, 5.41) is 0. The van der Waals surface area contributed by atoms with Crippen molar-refractivity contribution in [3.63, 3.8) is 0 Å². The molecule has 170 valence electrons. The van der Waals surface area contributed by atoms with Crippen molar-refractivity contribution in [3.8, 4) is 11.3 Å². The molecule has 2 aliphatic rings. The fourth-order valence-electron chi connectivity index (χ4n) is 5.52. The Morgan fingerprint density at radius 1 is 0.735 bits per heavy atom. The average Bonchev–Trinajstić information content (AvgIpc) is 3.38. The third-order valence-corrected chi connectivity index (χ3v) is 7.11. The number of benzene rings is 3. The van der Waals surface area contributed by atoms with E-state index in [4.69, 9.17) is 9.97 Å². The molecular weight excluding hydrogens is 416 g/mol. The molecule has 0 radical (unpaired) electrons. The van der Waals surface area contributed by atoms with Crippen LogP contribution in [0.25, 0.3) is 11.3 Å². The lowest BCUT2D eigenvalue weighted by Crippen LogP contribution is -2.35. The summed E-state index contributed by atoms with van der Waals surface area (Å²) < 4.78 is 0. The van der Waals surface area contributed by atoms with Gasteiger partial charge in [-0.2, -0.15) is 0 Å². The minimum Gasteiger partial charge on any atom is -0.302 e. The van der Waals surface area contributed by atoms with Gasteiger partial charge in [0.2, 0.25) is 0 Å². The Hall–Kier alpha value is -3.66. The molecule has 0 saturated heterocycles. The minimum atomic E-state index is 0.148. The second-order valence-electron chi connectivity index (χ2n) is 9.91. The molecule has 3 heterocycles. The van der Waals surface area contributed by atoms with Crippen molar-refractivity contribution in [1.29, 1.82) is 0 Å². The van der Waals surface area contributed by atoms with E-state index in [2.05, 4.69) is 110 Å².